The van der Waals surface area contributed by atoms with E-state index in [0.29, 0.717) is 5.56 Å². The van der Waals surface area contributed by atoms with Crippen molar-refractivity contribution in [2.75, 3.05) is 17.7 Å². The molecule has 104 valence electrons. The molecule has 0 atom stereocenters. The quantitative estimate of drug-likeness (QED) is 0.886. The molecule has 0 saturated carbocycles. The third-order valence-corrected chi connectivity index (χ3v) is 3.24. The molecule has 1 amide bonds. The fraction of sp³-hybridized carbons (Fsp3) is 0.235. The number of anilines is 2. The molecule has 0 unspecified atom stereocenters. The molecular formula is C17H20N2O. The van der Waals surface area contributed by atoms with Gasteiger partial charge in [0.05, 0.1) is 0 Å². The van der Waals surface area contributed by atoms with Gasteiger partial charge in [0, 0.05) is 24.0 Å². The zero-order valence-corrected chi connectivity index (χ0v) is 12.4. The summed E-state index contributed by atoms with van der Waals surface area (Å²) in [5, 5.41) is 6.04. The van der Waals surface area contributed by atoms with Gasteiger partial charge >= 0.3 is 0 Å². The second-order valence-corrected chi connectivity index (χ2v) is 5.11. The Kier molecular flexibility index (Phi) is 4.08. The van der Waals surface area contributed by atoms with E-state index in [1.807, 2.05) is 58.2 Å². The third-order valence-electron chi connectivity index (χ3n) is 3.24. The summed E-state index contributed by atoms with van der Waals surface area (Å²) in [6, 6.07) is 11.7. The van der Waals surface area contributed by atoms with Crippen molar-refractivity contribution in [2.45, 2.75) is 20.8 Å². The lowest BCUT2D eigenvalue weighted by Crippen LogP contribution is -2.12. The maximum absolute atomic E-state index is 12.3. The van der Waals surface area contributed by atoms with Gasteiger partial charge in [-0.3, -0.25) is 4.79 Å². The first kappa shape index (κ1) is 14.1. The highest BCUT2D eigenvalue weighted by atomic mass is 16.1. The molecule has 2 aromatic carbocycles. The molecule has 0 aromatic heterocycles. The van der Waals surface area contributed by atoms with E-state index in [-0.39, 0.29) is 5.91 Å². The van der Waals surface area contributed by atoms with E-state index >= 15 is 0 Å². The van der Waals surface area contributed by atoms with Gasteiger partial charge in [0.25, 0.3) is 5.91 Å². The summed E-state index contributed by atoms with van der Waals surface area (Å²) in [6.07, 6.45) is 0. The van der Waals surface area contributed by atoms with Gasteiger partial charge in [-0.25, -0.2) is 0 Å². The number of nitrogens with one attached hydrogen (secondary N) is 2. The average Bonchev–Trinajstić information content (AvgIpc) is 2.37. The van der Waals surface area contributed by atoms with Crippen molar-refractivity contribution in [1.82, 2.24) is 0 Å². The van der Waals surface area contributed by atoms with Crippen LogP contribution in [0.4, 0.5) is 11.4 Å². The summed E-state index contributed by atoms with van der Waals surface area (Å²) in [6.45, 7) is 6.03. The maximum Gasteiger partial charge on any atom is 0.255 e. The van der Waals surface area contributed by atoms with Gasteiger partial charge in [0.15, 0.2) is 0 Å². The average molecular weight is 268 g/mol. The van der Waals surface area contributed by atoms with Crippen LogP contribution in [0.1, 0.15) is 27.0 Å². The number of benzene rings is 2. The van der Waals surface area contributed by atoms with Crippen LogP contribution in [-0.4, -0.2) is 13.0 Å². The molecular weight excluding hydrogens is 248 g/mol. The van der Waals surface area contributed by atoms with Crippen molar-refractivity contribution in [2.24, 2.45) is 0 Å². The first-order valence-corrected chi connectivity index (χ1v) is 6.67. The number of aryl methyl sites for hydroxylation is 3. The Bertz CT molecular complexity index is 627. The SMILES string of the molecule is CNc1ccc(C(=O)Nc2cc(C)cc(C)c2)cc1C. The molecule has 20 heavy (non-hydrogen) atoms. The molecule has 0 spiro atoms. The van der Waals surface area contributed by atoms with E-state index in [0.717, 1.165) is 28.1 Å². The maximum atomic E-state index is 12.3. The first-order chi connectivity index (χ1) is 9.49. The van der Waals surface area contributed by atoms with Crippen molar-refractivity contribution < 1.29 is 4.79 Å². The highest BCUT2D eigenvalue weighted by Gasteiger charge is 2.08. The van der Waals surface area contributed by atoms with Crippen molar-refractivity contribution in [3.8, 4) is 0 Å². The minimum absolute atomic E-state index is 0.0826. The van der Waals surface area contributed by atoms with Gasteiger partial charge in [0.1, 0.15) is 0 Å². The second-order valence-electron chi connectivity index (χ2n) is 5.11. The van der Waals surface area contributed by atoms with Gasteiger partial charge in [-0.2, -0.15) is 0 Å². The van der Waals surface area contributed by atoms with Gasteiger partial charge in [-0.1, -0.05) is 6.07 Å². The fourth-order valence-electron chi connectivity index (χ4n) is 2.34. The van der Waals surface area contributed by atoms with Crippen LogP contribution in [-0.2, 0) is 0 Å². The molecule has 0 heterocycles. The van der Waals surface area contributed by atoms with Crippen molar-refractivity contribution in [3.05, 3.63) is 58.7 Å². The van der Waals surface area contributed by atoms with Crippen LogP contribution in [0.15, 0.2) is 36.4 Å². The number of hydrogen-bond acceptors (Lipinski definition) is 2. The lowest BCUT2D eigenvalue weighted by molar-refractivity contribution is 0.102. The van der Waals surface area contributed by atoms with Crippen molar-refractivity contribution in [3.63, 3.8) is 0 Å². The van der Waals surface area contributed by atoms with Crippen molar-refractivity contribution in [1.29, 1.82) is 0 Å². The molecule has 0 aliphatic carbocycles. The summed E-state index contributed by atoms with van der Waals surface area (Å²) in [7, 11) is 1.87. The van der Waals surface area contributed by atoms with Crippen LogP contribution in [0.5, 0.6) is 0 Å². The van der Waals surface area contributed by atoms with E-state index in [9.17, 15) is 4.79 Å². The Morgan fingerprint density at radius 1 is 0.950 bits per heavy atom. The third kappa shape index (κ3) is 3.18. The van der Waals surface area contributed by atoms with Crippen LogP contribution in [0.2, 0.25) is 0 Å². The Balaban J connectivity index is 2.21. The lowest BCUT2D eigenvalue weighted by atomic mass is 10.1. The van der Waals surface area contributed by atoms with Crippen LogP contribution in [0.25, 0.3) is 0 Å². The first-order valence-electron chi connectivity index (χ1n) is 6.67. The molecule has 2 N–H and O–H groups in total. The number of rotatable bonds is 3. The molecule has 0 aliphatic heterocycles. The minimum atomic E-state index is -0.0826. The zero-order chi connectivity index (χ0) is 14.7. The van der Waals surface area contributed by atoms with Crippen LogP contribution in [0, 0.1) is 20.8 Å². The molecule has 3 nitrogen and oxygen atoms in total. The fourth-order valence-corrected chi connectivity index (χ4v) is 2.34. The topological polar surface area (TPSA) is 41.1 Å². The van der Waals surface area contributed by atoms with Crippen LogP contribution >= 0.6 is 0 Å². The predicted molar refractivity (Wildman–Crippen MR) is 84.6 cm³/mol. The second kappa shape index (κ2) is 5.78. The van der Waals surface area contributed by atoms with Crippen molar-refractivity contribution >= 4 is 17.3 Å². The predicted octanol–water partition coefficient (Wildman–Crippen LogP) is 3.91. The van der Waals surface area contributed by atoms with Gasteiger partial charge in [-0.15, -0.1) is 0 Å². The smallest absolute Gasteiger partial charge is 0.255 e. The summed E-state index contributed by atoms with van der Waals surface area (Å²) in [5.74, 6) is -0.0826. The monoisotopic (exact) mass is 268 g/mol. The van der Waals surface area contributed by atoms with E-state index in [4.69, 9.17) is 0 Å². The molecule has 0 saturated heterocycles. The Morgan fingerprint density at radius 2 is 1.60 bits per heavy atom. The highest BCUT2D eigenvalue weighted by Crippen LogP contribution is 2.18. The van der Waals surface area contributed by atoms with Crippen LogP contribution < -0.4 is 10.6 Å². The molecule has 2 rings (SSSR count). The van der Waals surface area contributed by atoms with Gasteiger partial charge in [-0.05, 0) is 67.8 Å². The molecule has 3 heteroatoms. The molecule has 0 fully saturated rings. The standard InChI is InChI=1S/C17H20N2O/c1-11-7-12(2)9-15(8-11)19-17(20)14-5-6-16(18-4)13(3)10-14/h5-10,18H,1-4H3,(H,19,20). The Morgan fingerprint density at radius 3 is 2.15 bits per heavy atom. The lowest BCUT2D eigenvalue weighted by Gasteiger charge is -2.10. The van der Waals surface area contributed by atoms with Gasteiger partial charge in [0.2, 0.25) is 0 Å². The summed E-state index contributed by atoms with van der Waals surface area (Å²) < 4.78 is 0. The Labute approximate surface area is 120 Å². The number of hydrogen-bond donors (Lipinski definition) is 2. The van der Waals surface area contributed by atoms with Crippen LogP contribution in [0.3, 0.4) is 0 Å². The summed E-state index contributed by atoms with van der Waals surface area (Å²) in [4.78, 5) is 12.3. The van der Waals surface area contributed by atoms with E-state index in [2.05, 4.69) is 16.7 Å². The zero-order valence-electron chi connectivity index (χ0n) is 12.4. The molecule has 0 aliphatic rings. The normalized spacial score (nSPS) is 10.2. The highest BCUT2D eigenvalue weighted by molar-refractivity contribution is 6.04. The number of amides is 1. The van der Waals surface area contributed by atoms with E-state index < -0.39 is 0 Å². The van der Waals surface area contributed by atoms with E-state index in [1.165, 1.54) is 0 Å². The molecule has 2 aromatic rings. The number of carbonyl (C=O) groups excluding carboxylic acids is 1. The minimum Gasteiger partial charge on any atom is -0.388 e. The number of carbonyl (C=O) groups is 1. The molecule has 0 bridgehead atoms. The Hall–Kier alpha value is -2.29. The van der Waals surface area contributed by atoms with E-state index in [1.54, 1.807) is 0 Å². The summed E-state index contributed by atoms with van der Waals surface area (Å²) in [5.41, 5.74) is 5.88. The van der Waals surface area contributed by atoms with Gasteiger partial charge < -0.3 is 10.6 Å². The largest absolute Gasteiger partial charge is 0.388 e. The summed E-state index contributed by atoms with van der Waals surface area (Å²) >= 11 is 0. The molecule has 0 radical (unpaired) electrons.